The molecule has 0 saturated carbocycles. The van der Waals surface area contributed by atoms with Gasteiger partial charge in [0.2, 0.25) is 0 Å². The van der Waals surface area contributed by atoms with E-state index in [1.165, 1.54) is 11.8 Å². The third-order valence-electron chi connectivity index (χ3n) is 1.62. The summed E-state index contributed by atoms with van der Waals surface area (Å²) in [5, 5.41) is 3.34. The summed E-state index contributed by atoms with van der Waals surface area (Å²) in [6.45, 7) is 0.375. The Morgan fingerprint density at radius 2 is 2.20 bits per heavy atom. The zero-order valence-electron chi connectivity index (χ0n) is 7.86. The molecule has 15 heavy (non-hydrogen) atoms. The Morgan fingerprint density at radius 1 is 1.40 bits per heavy atom. The molecular weight excluding hydrogens is 220 g/mol. The zero-order chi connectivity index (χ0) is 11.1. The maximum absolute atomic E-state index is 13.1. The average Bonchev–Trinajstić information content (AvgIpc) is 2.23. The third kappa shape index (κ3) is 4.18. The van der Waals surface area contributed by atoms with E-state index in [4.69, 9.17) is 5.53 Å². The van der Waals surface area contributed by atoms with Crippen LogP contribution in [0.25, 0.3) is 10.4 Å². The van der Waals surface area contributed by atoms with Crippen LogP contribution in [0.3, 0.4) is 0 Å². The molecule has 0 aliphatic rings. The van der Waals surface area contributed by atoms with Crippen molar-refractivity contribution < 1.29 is 8.78 Å². The van der Waals surface area contributed by atoms with E-state index >= 15 is 0 Å². The van der Waals surface area contributed by atoms with Crippen molar-refractivity contribution >= 4 is 11.8 Å². The summed E-state index contributed by atoms with van der Waals surface area (Å²) in [5.74, 6) is -0.279. The topological polar surface area (TPSA) is 48.8 Å². The molecule has 0 fully saturated rings. The Bertz CT molecular complexity index is 378. The molecule has 80 valence electrons. The van der Waals surface area contributed by atoms with Gasteiger partial charge in [-0.2, -0.15) is 0 Å². The summed E-state index contributed by atoms with van der Waals surface area (Å²) in [6, 6.07) is 3.35. The van der Waals surface area contributed by atoms with Crippen LogP contribution in [0.4, 0.5) is 8.78 Å². The fraction of sp³-hybridized carbons (Fsp3) is 0.333. The molecule has 0 bridgehead atoms. The Morgan fingerprint density at radius 3 is 2.93 bits per heavy atom. The lowest BCUT2D eigenvalue weighted by Gasteiger charge is -2.01. The number of nitrogens with zero attached hydrogens (tertiary/aromatic N) is 3. The second-order valence-corrected chi connectivity index (χ2v) is 3.87. The number of thioether (sulfide) groups is 1. The highest BCUT2D eigenvalue weighted by molar-refractivity contribution is 7.99. The van der Waals surface area contributed by atoms with Crippen LogP contribution in [-0.2, 0) is 0 Å². The molecule has 0 saturated heterocycles. The van der Waals surface area contributed by atoms with Crippen molar-refractivity contribution in [3.63, 3.8) is 0 Å². The standard InChI is InChI=1S/C9H9F2N3S/c10-7-2-3-8(11)9(6-7)15-5-1-4-13-14-12/h2-3,6H,1,4-5H2. The fourth-order valence-electron chi connectivity index (χ4n) is 0.950. The van der Waals surface area contributed by atoms with Crippen LogP contribution in [0, 0.1) is 11.6 Å². The minimum atomic E-state index is -0.450. The van der Waals surface area contributed by atoms with Gasteiger partial charge in [0.15, 0.2) is 0 Å². The number of azide groups is 1. The van der Waals surface area contributed by atoms with Gasteiger partial charge in [-0.25, -0.2) is 8.78 Å². The van der Waals surface area contributed by atoms with Gasteiger partial charge in [0.25, 0.3) is 0 Å². The first-order valence-corrected chi connectivity index (χ1v) is 5.31. The molecule has 0 aliphatic carbocycles. The van der Waals surface area contributed by atoms with Crippen molar-refractivity contribution in [2.24, 2.45) is 5.11 Å². The molecule has 0 unspecified atom stereocenters. The first-order valence-electron chi connectivity index (χ1n) is 4.33. The van der Waals surface area contributed by atoms with Gasteiger partial charge in [0, 0.05) is 16.4 Å². The van der Waals surface area contributed by atoms with Crippen LogP contribution in [0.2, 0.25) is 0 Å². The highest BCUT2D eigenvalue weighted by Gasteiger charge is 2.03. The SMILES string of the molecule is [N-]=[N+]=NCCCSc1cc(F)ccc1F. The minimum absolute atomic E-state index is 0.288. The van der Waals surface area contributed by atoms with Crippen LogP contribution in [0.1, 0.15) is 6.42 Å². The van der Waals surface area contributed by atoms with E-state index in [1.807, 2.05) is 0 Å². The lowest BCUT2D eigenvalue weighted by atomic mass is 10.3. The summed E-state index contributed by atoms with van der Waals surface area (Å²) in [5.41, 5.74) is 8.01. The van der Waals surface area contributed by atoms with E-state index in [1.54, 1.807) is 0 Å². The van der Waals surface area contributed by atoms with Crippen LogP contribution in [-0.4, -0.2) is 12.3 Å². The lowest BCUT2D eigenvalue weighted by Crippen LogP contribution is -1.87. The first kappa shape index (κ1) is 11.8. The van der Waals surface area contributed by atoms with Gasteiger partial charge in [-0.15, -0.1) is 11.8 Å². The van der Waals surface area contributed by atoms with Crippen LogP contribution < -0.4 is 0 Å². The van der Waals surface area contributed by atoms with Crippen molar-refractivity contribution in [3.05, 3.63) is 40.3 Å². The molecule has 0 radical (unpaired) electrons. The molecule has 0 amide bonds. The van der Waals surface area contributed by atoms with Gasteiger partial charge in [-0.3, -0.25) is 0 Å². The number of benzene rings is 1. The van der Waals surface area contributed by atoms with Crippen LogP contribution in [0.15, 0.2) is 28.2 Å². The van der Waals surface area contributed by atoms with E-state index in [-0.39, 0.29) is 4.90 Å². The quantitative estimate of drug-likeness (QED) is 0.249. The molecule has 3 nitrogen and oxygen atoms in total. The predicted octanol–water partition coefficient (Wildman–Crippen LogP) is 3.76. The Labute approximate surface area is 90.1 Å². The summed E-state index contributed by atoms with van der Waals surface area (Å²) in [4.78, 5) is 2.88. The van der Waals surface area contributed by atoms with Gasteiger partial charge < -0.3 is 0 Å². The molecule has 0 atom stereocenters. The largest absolute Gasteiger partial charge is 0.207 e. The number of hydrogen-bond donors (Lipinski definition) is 0. The van der Waals surface area contributed by atoms with E-state index in [0.29, 0.717) is 18.7 Å². The Hall–Kier alpha value is -1.26. The Kier molecular flexibility index (Phi) is 4.93. The Balaban J connectivity index is 2.43. The summed E-state index contributed by atoms with van der Waals surface area (Å²) in [6.07, 6.45) is 0.644. The molecule has 0 aliphatic heterocycles. The van der Waals surface area contributed by atoms with Crippen molar-refractivity contribution in [1.29, 1.82) is 0 Å². The molecule has 6 heteroatoms. The van der Waals surface area contributed by atoms with E-state index < -0.39 is 11.6 Å². The number of hydrogen-bond acceptors (Lipinski definition) is 2. The predicted molar refractivity (Wildman–Crippen MR) is 55.7 cm³/mol. The average molecular weight is 229 g/mol. The molecule has 0 spiro atoms. The zero-order valence-corrected chi connectivity index (χ0v) is 8.68. The molecule has 1 rings (SSSR count). The summed E-state index contributed by atoms with van der Waals surface area (Å²) in [7, 11) is 0. The molecule has 1 aromatic rings. The molecular formula is C9H9F2N3S. The number of halogens is 2. The summed E-state index contributed by atoms with van der Waals surface area (Å²) >= 11 is 1.21. The minimum Gasteiger partial charge on any atom is -0.207 e. The van der Waals surface area contributed by atoms with Crippen molar-refractivity contribution in [2.75, 3.05) is 12.3 Å². The van der Waals surface area contributed by atoms with Crippen LogP contribution >= 0.6 is 11.8 Å². The molecule has 0 N–H and O–H groups in total. The van der Waals surface area contributed by atoms with Crippen LogP contribution in [0.5, 0.6) is 0 Å². The monoisotopic (exact) mass is 229 g/mol. The highest BCUT2D eigenvalue weighted by Crippen LogP contribution is 2.23. The van der Waals surface area contributed by atoms with Crippen molar-refractivity contribution in [1.82, 2.24) is 0 Å². The van der Waals surface area contributed by atoms with Gasteiger partial charge in [-0.1, -0.05) is 5.11 Å². The first-order chi connectivity index (χ1) is 7.24. The van der Waals surface area contributed by atoms with Gasteiger partial charge >= 0.3 is 0 Å². The second-order valence-electron chi connectivity index (χ2n) is 2.73. The van der Waals surface area contributed by atoms with Gasteiger partial charge in [-0.05, 0) is 35.9 Å². The lowest BCUT2D eigenvalue weighted by molar-refractivity contribution is 0.577. The fourth-order valence-corrected chi connectivity index (χ4v) is 1.85. The van der Waals surface area contributed by atoms with Gasteiger partial charge in [0.05, 0.1) is 0 Å². The smallest absolute Gasteiger partial charge is 0.136 e. The maximum Gasteiger partial charge on any atom is 0.136 e. The van der Waals surface area contributed by atoms with E-state index in [9.17, 15) is 8.78 Å². The maximum atomic E-state index is 13.1. The molecule has 0 aromatic heterocycles. The molecule has 0 heterocycles. The molecule has 1 aromatic carbocycles. The third-order valence-corrected chi connectivity index (χ3v) is 2.73. The number of rotatable bonds is 5. The van der Waals surface area contributed by atoms with Gasteiger partial charge in [0.1, 0.15) is 11.6 Å². The van der Waals surface area contributed by atoms with E-state index in [0.717, 1.165) is 18.2 Å². The summed E-state index contributed by atoms with van der Waals surface area (Å²) < 4.78 is 25.8. The normalized spacial score (nSPS) is 9.73. The van der Waals surface area contributed by atoms with Crippen molar-refractivity contribution in [2.45, 2.75) is 11.3 Å². The van der Waals surface area contributed by atoms with Crippen molar-refractivity contribution in [3.8, 4) is 0 Å². The van der Waals surface area contributed by atoms with E-state index in [2.05, 4.69) is 10.0 Å². The highest BCUT2D eigenvalue weighted by atomic mass is 32.2. The second kappa shape index (κ2) is 6.27.